The topological polar surface area (TPSA) is 74.7 Å². The molecule has 0 bridgehead atoms. The van der Waals surface area contributed by atoms with Gasteiger partial charge in [0.1, 0.15) is 6.04 Å². The summed E-state index contributed by atoms with van der Waals surface area (Å²) in [5.41, 5.74) is 0.595. The van der Waals surface area contributed by atoms with Gasteiger partial charge in [0.25, 0.3) is 0 Å². The lowest BCUT2D eigenvalue weighted by Gasteiger charge is -2.23. The van der Waals surface area contributed by atoms with Crippen LogP contribution in [0.15, 0.2) is 41.3 Å². The molecule has 21 heavy (non-hydrogen) atoms. The molecule has 1 atom stereocenters. The fraction of sp³-hybridized carbons (Fsp3) is 0.267. The predicted molar refractivity (Wildman–Crippen MR) is 80.7 cm³/mol. The van der Waals surface area contributed by atoms with Gasteiger partial charge in [-0.1, -0.05) is 36.4 Å². The molecule has 5 nitrogen and oxygen atoms in total. The molecule has 2 rings (SSSR count). The molecule has 0 saturated carbocycles. The molecule has 0 radical (unpaired) electrons. The van der Waals surface area contributed by atoms with Crippen molar-refractivity contribution in [2.45, 2.75) is 24.8 Å². The zero-order valence-corrected chi connectivity index (χ0v) is 12.9. The highest BCUT2D eigenvalue weighted by atomic mass is 32.2. The Hall–Kier alpha value is -1.92. The minimum absolute atomic E-state index is 0.163. The Labute approximate surface area is 123 Å². The third-order valence-electron chi connectivity index (χ3n) is 3.62. The van der Waals surface area contributed by atoms with Crippen LogP contribution in [0.4, 0.5) is 0 Å². The van der Waals surface area contributed by atoms with Gasteiger partial charge >= 0.3 is 5.97 Å². The summed E-state index contributed by atoms with van der Waals surface area (Å²) >= 11 is 0. The summed E-state index contributed by atoms with van der Waals surface area (Å²) in [4.78, 5) is 11.2. The van der Waals surface area contributed by atoms with Crippen molar-refractivity contribution in [2.24, 2.45) is 0 Å². The molecule has 0 amide bonds. The molecule has 1 unspecified atom stereocenters. The Morgan fingerprint density at radius 1 is 1.19 bits per heavy atom. The van der Waals surface area contributed by atoms with E-state index < -0.39 is 22.0 Å². The molecule has 0 aromatic heterocycles. The van der Waals surface area contributed by atoms with Crippen LogP contribution in [-0.4, -0.2) is 36.9 Å². The van der Waals surface area contributed by atoms with Crippen molar-refractivity contribution in [2.75, 3.05) is 7.05 Å². The minimum Gasteiger partial charge on any atom is -0.480 e. The molecule has 0 fully saturated rings. The van der Waals surface area contributed by atoms with Crippen molar-refractivity contribution in [1.82, 2.24) is 4.31 Å². The van der Waals surface area contributed by atoms with E-state index in [-0.39, 0.29) is 4.90 Å². The van der Waals surface area contributed by atoms with Crippen molar-refractivity contribution in [3.8, 4) is 0 Å². The number of benzene rings is 2. The van der Waals surface area contributed by atoms with E-state index in [1.54, 1.807) is 25.1 Å². The van der Waals surface area contributed by atoms with Crippen molar-refractivity contribution in [3.05, 3.63) is 42.0 Å². The summed E-state index contributed by atoms with van der Waals surface area (Å²) in [6.07, 6.45) is 0. The third kappa shape index (κ3) is 2.64. The van der Waals surface area contributed by atoms with Crippen LogP contribution in [0.25, 0.3) is 10.8 Å². The summed E-state index contributed by atoms with van der Waals surface area (Å²) in [6.45, 7) is 3.05. The van der Waals surface area contributed by atoms with Crippen LogP contribution in [0.2, 0.25) is 0 Å². The SMILES string of the molecule is Cc1ccc2ccccc2c1S(=O)(=O)N(C)C(C)C(=O)O. The van der Waals surface area contributed by atoms with Gasteiger partial charge in [-0.25, -0.2) is 8.42 Å². The van der Waals surface area contributed by atoms with Gasteiger partial charge in [0.05, 0.1) is 4.90 Å². The number of rotatable bonds is 4. The van der Waals surface area contributed by atoms with Crippen molar-refractivity contribution < 1.29 is 18.3 Å². The Morgan fingerprint density at radius 2 is 1.81 bits per heavy atom. The van der Waals surface area contributed by atoms with Gasteiger partial charge in [0, 0.05) is 12.4 Å². The first-order valence-corrected chi connectivity index (χ1v) is 7.90. The number of likely N-dealkylation sites (N-methyl/N-ethyl adjacent to an activating group) is 1. The Bertz CT molecular complexity index is 798. The van der Waals surface area contributed by atoms with E-state index in [0.717, 1.165) is 9.69 Å². The highest BCUT2D eigenvalue weighted by molar-refractivity contribution is 7.89. The number of aliphatic carboxylic acids is 1. The molecule has 2 aromatic carbocycles. The molecule has 112 valence electrons. The Kier molecular flexibility index (Phi) is 4.02. The predicted octanol–water partition coefficient (Wildman–Crippen LogP) is 2.24. The summed E-state index contributed by atoms with van der Waals surface area (Å²) in [5.74, 6) is -1.18. The van der Waals surface area contributed by atoms with E-state index in [9.17, 15) is 13.2 Å². The van der Waals surface area contributed by atoms with Gasteiger partial charge in [-0.15, -0.1) is 0 Å². The van der Waals surface area contributed by atoms with Crippen LogP contribution in [0.3, 0.4) is 0 Å². The summed E-state index contributed by atoms with van der Waals surface area (Å²) in [6, 6.07) is 9.61. The fourth-order valence-electron chi connectivity index (χ4n) is 2.20. The molecule has 2 aromatic rings. The zero-order valence-electron chi connectivity index (χ0n) is 12.1. The van der Waals surface area contributed by atoms with Crippen molar-refractivity contribution in [1.29, 1.82) is 0 Å². The number of carboxylic acid groups (broad SMARTS) is 1. The first-order chi connectivity index (χ1) is 9.76. The molecular weight excluding hydrogens is 290 g/mol. The zero-order chi connectivity index (χ0) is 15.8. The maximum atomic E-state index is 12.8. The number of fused-ring (bicyclic) bond motifs is 1. The van der Waals surface area contributed by atoms with E-state index in [1.807, 2.05) is 18.2 Å². The van der Waals surface area contributed by atoms with E-state index in [4.69, 9.17) is 5.11 Å². The van der Waals surface area contributed by atoms with Gasteiger partial charge in [0.2, 0.25) is 10.0 Å². The number of hydrogen-bond donors (Lipinski definition) is 1. The quantitative estimate of drug-likeness (QED) is 0.940. The standard InChI is InChI=1S/C15H17NO4S/c1-10-8-9-12-6-4-5-7-13(12)14(10)21(19,20)16(3)11(2)15(17)18/h4-9,11H,1-3H3,(H,17,18). The molecule has 6 heteroatoms. The van der Waals surface area contributed by atoms with Crippen LogP contribution in [0, 0.1) is 6.92 Å². The molecule has 0 heterocycles. The van der Waals surface area contributed by atoms with Gasteiger partial charge < -0.3 is 5.11 Å². The second kappa shape index (κ2) is 5.46. The van der Waals surface area contributed by atoms with E-state index in [0.29, 0.717) is 10.9 Å². The van der Waals surface area contributed by atoms with Crippen molar-refractivity contribution in [3.63, 3.8) is 0 Å². The van der Waals surface area contributed by atoms with Gasteiger partial charge in [-0.05, 0) is 24.8 Å². The lowest BCUT2D eigenvalue weighted by molar-refractivity contribution is -0.140. The van der Waals surface area contributed by atoms with E-state index in [2.05, 4.69) is 0 Å². The van der Waals surface area contributed by atoms with Crippen molar-refractivity contribution >= 4 is 26.8 Å². The average Bonchev–Trinajstić information content (AvgIpc) is 2.44. The maximum Gasteiger partial charge on any atom is 0.321 e. The van der Waals surface area contributed by atoms with Crippen LogP contribution in [0.5, 0.6) is 0 Å². The second-order valence-electron chi connectivity index (χ2n) is 4.97. The number of sulfonamides is 1. The molecule has 0 aliphatic heterocycles. The number of nitrogens with zero attached hydrogens (tertiary/aromatic N) is 1. The fourth-order valence-corrected chi connectivity index (χ4v) is 3.94. The van der Waals surface area contributed by atoms with Crippen LogP contribution >= 0.6 is 0 Å². The summed E-state index contributed by atoms with van der Waals surface area (Å²) in [5, 5.41) is 10.4. The van der Waals surface area contributed by atoms with Gasteiger partial charge in [-0.2, -0.15) is 4.31 Å². The first kappa shape index (κ1) is 15.5. The third-order valence-corrected chi connectivity index (χ3v) is 5.75. The monoisotopic (exact) mass is 307 g/mol. The Balaban J connectivity index is 2.70. The lowest BCUT2D eigenvalue weighted by Crippen LogP contribution is -2.40. The molecular formula is C15H17NO4S. The van der Waals surface area contributed by atoms with Crippen LogP contribution in [0.1, 0.15) is 12.5 Å². The van der Waals surface area contributed by atoms with E-state index >= 15 is 0 Å². The highest BCUT2D eigenvalue weighted by Crippen LogP contribution is 2.29. The largest absolute Gasteiger partial charge is 0.480 e. The molecule has 0 aliphatic rings. The van der Waals surface area contributed by atoms with Gasteiger partial charge in [0.15, 0.2) is 0 Å². The minimum atomic E-state index is -3.89. The summed E-state index contributed by atoms with van der Waals surface area (Å²) in [7, 11) is -2.60. The van der Waals surface area contributed by atoms with Crippen LogP contribution in [-0.2, 0) is 14.8 Å². The first-order valence-electron chi connectivity index (χ1n) is 6.46. The molecule has 0 spiro atoms. The lowest BCUT2D eigenvalue weighted by atomic mass is 10.1. The Morgan fingerprint density at radius 3 is 2.43 bits per heavy atom. The smallest absolute Gasteiger partial charge is 0.321 e. The number of hydrogen-bond acceptors (Lipinski definition) is 3. The number of aryl methyl sites for hydroxylation is 1. The normalized spacial score (nSPS) is 13.5. The molecule has 1 N–H and O–H groups in total. The highest BCUT2D eigenvalue weighted by Gasteiger charge is 2.31. The number of carbonyl (C=O) groups is 1. The summed E-state index contributed by atoms with van der Waals surface area (Å²) < 4.78 is 26.4. The van der Waals surface area contributed by atoms with Gasteiger partial charge in [-0.3, -0.25) is 4.79 Å². The molecule has 0 saturated heterocycles. The van der Waals surface area contributed by atoms with Crippen LogP contribution < -0.4 is 0 Å². The molecule has 0 aliphatic carbocycles. The average molecular weight is 307 g/mol. The van der Waals surface area contributed by atoms with E-state index in [1.165, 1.54) is 14.0 Å². The maximum absolute atomic E-state index is 12.8. The second-order valence-corrected chi connectivity index (χ2v) is 6.90. The number of carboxylic acids is 1.